The first-order chi connectivity index (χ1) is 10.8. The van der Waals surface area contributed by atoms with Gasteiger partial charge in [-0.15, -0.1) is 0 Å². The Morgan fingerprint density at radius 1 is 0.667 bits per heavy atom. The molecule has 0 spiro atoms. The Morgan fingerprint density at radius 2 is 0.917 bits per heavy atom. The normalized spacial score (nSPS) is 16.2. The summed E-state index contributed by atoms with van der Waals surface area (Å²) in [6.45, 7) is -4.46. The molecule has 0 aliphatic heterocycles. The van der Waals surface area contributed by atoms with E-state index in [0.29, 0.717) is 0 Å². The maximum atomic E-state index is 10.4. The van der Waals surface area contributed by atoms with Gasteiger partial charge in [-0.05, 0) is 0 Å². The van der Waals surface area contributed by atoms with E-state index in [0.717, 1.165) is 0 Å². The Hall–Kier alpha value is 0.700. The van der Waals surface area contributed by atoms with Crippen LogP contribution in [-0.2, 0) is 14.4 Å². The Kier molecular flexibility index (Phi) is 10.7. The topological polar surface area (TPSA) is 225 Å². The van der Waals surface area contributed by atoms with Crippen molar-refractivity contribution in [3.05, 3.63) is 0 Å². The zero-order valence-corrected chi connectivity index (χ0v) is 15.9. The molecule has 0 radical (unpaired) electrons. The number of rotatable bonds is 10. The molecule has 9 N–H and O–H groups in total. The summed E-state index contributed by atoms with van der Waals surface area (Å²) in [6.07, 6.45) is -6.42. The van der Waals surface area contributed by atoms with Gasteiger partial charge in [0, 0.05) is 0 Å². The Balaban J connectivity index is 0. The molecule has 0 amide bonds. The molecule has 0 atom stereocenters. The van der Waals surface area contributed by atoms with Gasteiger partial charge in [0.15, 0.2) is 0 Å². The van der Waals surface area contributed by atoms with Crippen molar-refractivity contribution in [2.45, 2.75) is 0 Å². The molecule has 0 aromatic rings. The van der Waals surface area contributed by atoms with Crippen molar-refractivity contribution < 1.29 is 57.8 Å². The summed E-state index contributed by atoms with van der Waals surface area (Å²) in [4.78, 5) is 0. The van der Waals surface area contributed by atoms with E-state index in [9.17, 15) is 8.42 Å². The van der Waals surface area contributed by atoms with Crippen LogP contribution in [-0.4, -0.2) is 105 Å². The third kappa shape index (κ3) is 6.78. The van der Waals surface area contributed by atoms with Crippen LogP contribution in [0.15, 0.2) is 0 Å². The molecule has 152 valence electrons. The molecular formula is C8H25ClO12P2S. The van der Waals surface area contributed by atoms with Gasteiger partial charge in [0.25, 0.3) is 0 Å². The summed E-state index contributed by atoms with van der Waals surface area (Å²) in [5, 5.41) is 70.2. The first-order valence-electron chi connectivity index (χ1n) is 6.09. The van der Waals surface area contributed by atoms with Gasteiger partial charge < -0.3 is 0 Å². The zero-order valence-electron chi connectivity index (χ0n) is 12.6. The summed E-state index contributed by atoms with van der Waals surface area (Å²) in [5.74, 6) is -3.46. The van der Waals surface area contributed by atoms with Crippen LogP contribution in [0.3, 0.4) is 0 Å². The van der Waals surface area contributed by atoms with Crippen LogP contribution in [0.25, 0.3) is 0 Å². The zero-order chi connectivity index (χ0) is 19.8. The molecule has 24 heavy (non-hydrogen) atoms. The predicted molar refractivity (Wildman–Crippen MR) is 89.0 cm³/mol. The first-order valence-corrected chi connectivity index (χ1v) is 14.2. The molecule has 0 bridgehead atoms. The average Bonchev–Trinajstić information content (AvgIpc) is 2.60. The number of aliphatic hydroxyl groups excluding tert-OH is 8. The van der Waals surface area contributed by atoms with Crippen LogP contribution in [0, 0.1) is 0 Å². The van der Waals surface area contributed by atoms with E-state index in [-0.39, 0.29) is 0 Å². The molecule has 0 saturated carbocycles. The second-order valence-corrected chi connectivity index (χ2v) is 19.2. The van der Waals surface area contributed by atoms with Crippen molar-refractivity contribution >= 4 is 34.4 Å². The molecule has 0 aromatic carbocycles. The van der Waals surface area contributed by atoms with E-state index in [4.69, 9.17) is 56.6 Å². The molecule has 16 heteroatoms. The van der Waals surface area contributed by atoms with Crippen LogP contribution < -0.4 is 0 Å². The molecule has 0 aromatic heterocycles. The van der Waals surface area contributed by atoms with Crippen LogP contribution >= 0.6 is 24.0 Å². The summed E-state index contributed by atoms with van der Waals surface area (Å²) >= 11 is 5.67. The van der Waals surface area contributed by atoms with Gasteiger partial charge in [0.05, 0.1) is 0 Å². The molecule has 0 unspecified atom stereocenters. The maximum absolute atomic E-state index is 10.4. The van der Waals surface area contributed by atoms with E-state index in [1.54, 1.807) is 0 Å². The van der Waals surface area contributed by atoms with Crippen molar-refractivity contribution in [1.29, 1.82) is 0 Å². The van der Waals surface area contributed by atoms with E-state index < -0.39 is 74.0 Å². The van der Waals surface area contributed by atoms with Crippen molar-refractivity contribution in [3.63, 3.8) is 0 Å². The molecule has 12 nitrogen and oxygen atoms in total. The minimum atomic E-state index is -4.97. The first kappa shape index (κ1) is 26.9. The van der Waals surface area contributed by atoms with Crippen LogP contribution in [0.1, 0.15) is 0 Å². The monoisotopic (exact) mass is 442 g/mol. The van der Waals surface area contributed by atoms with Gasteiger partial charge in [-0.3, -0.25) is 0 Å². The molecule has 0 saturated heterocycles. The number of hydrogen-bond acceptors (Lipinski definition) is 11. The van der Waals surface area contributed by atoms with Crippen molar-refractivity contribution in [3.8, 4) is 0 Å². The second kappa shape index (κ2) is 9.58. The predicted octanol–water partition coefficient (Wildman–Crippen LogP) is -2.43. The Morgan fingerprint density at radius 3 is 0.958 bits per heavy atom. The van der Waals surface area contributed by atoms with E-state index in [2.05, 4.69) is 3.97 Å². The van der Waals surface area contributed by atoms with Gasteiger partial charge in [-0.1, -0.05) is 0 Å². The van der Waals surface area contributed by atoms with Gasteiger partial charge in [0.1, 0.15) is 0 Å². The molecule has 0 rings (SSSR count). The van der Waals surface area contributed by atoms with Crippen molar-refractivity contribution in [2.24, 2.45) is 0 Å². The van der Waals surface area contributed by atoms with Gasteiger partial charge in [-0.2, -0.15) is 0 Å². The molecule has 0 aliphatic rings. The van der Waals surface area contributed by atoms with Gasteiger partial charge >= 0.3 is 143 Å². The van der Waals surface area contributed by atoms with E-state index in [1.807, 2.05) is 0 Å². The summed E-state index contributed by atoms with van der Waals surface area (Å²) in [6, 6.07) is 0. The fourth-order valence-electron chi connectivity index (χ4n) is 0.897. The standard InChI is InChI=1S/C4H12ClO4P.C4H13O8PS/c5-10(1-6,2-7,3-8)4-9;5-1-13(2-6,3-7,4-8)12-14(9,10)11/h6-9H,1-4H2;5-8H,1-4H2,(H,9,10,11). The van der Waals surface area contributed by atoms with E-state index in [1.165, 1.54) is 0 Å². The molecular weight excluding hydrogens is 418 g/mol. The number of hydrogen-bond donors (Lipinski definition) is 9. The van der Waals surface area contributed by atoms with E-state index >= 15 is 0 Å². The van der Waals surface area contributed by atoms with Crippen LogP contribution in [0.2, 0.25) is 0 Å². The Bertz CT molecular complexity index is 432. The van der Waals surface area contributed by atoms with Gasteiger partial charge in [-0.25, -0.2) is 0 Å². The fourth-order valence-corrected chi connectivity index (χ4v) is 4.86. The number of halogens is 1. The third-order valence-electron chi connectivity index (χ3n) is 3.15. The summed E-state index contributed by atoms with van der Waals surface area (Å²) in [5.41, 5.74) is 0. The minimum absolute atomic E-state index is 0.545. The summed E-state index contributed by atoms with van der Waals surface area (Å²) in [7, 11) is -4.97. The fraction of sp³-hybridized carbons (Fsp3) is 1.00. The van der Waals surface area contributed by atoms with Crippen molar-refractivity contribution in [1.82, 2.24) is 0 Å². The SMILES string of the molecule is O=S(=O)(O)OP(CO)(CO)(CO)CO.OCP(Cl)(CO)(CO)CO. The molecule has 0 fully saturated rings. The van der Waals surface area contributed by atoms with Crippen LogP contribution in [0.4, 0.5) is 0 Å². The van der Waals surface area contributed by atoms with Gasteiger partial charge in [0.2, 0.25) is 0 Å². The Labute approximate surface area is 143 Å². The molecule has 0 heterocycles. The summed E-state index contributed by atoms with van der Waals surface area (Å²) < 4.78 is 33.3. The number of aliphatic hydroxyl groups is 8. The third-order valence-corrected chi connectivity index (χ3v) is 12.6. The average molecular weight is 443 g/mol. The van der Waals surface area contributed by atoms with Crippen molar-refractivity contribution in [2.75, 3.05) is 50.8 Å². The second-order valence-electron chi connectivity index (χ2n) is 5.31. The van der Waals surface area contributed by atoms with Crippen LogP contribution in [0.5, 0.6) is 0 Å². The molecule has 0 aliphatic carbocycles. The quantitative estimate of drug-likeness (QED) is 0.127.